The summed E-state index contributed by atoms with van der Waals surface area (Å²) in [6, 6.07) is 5.93. The van der Waals surface area contributed by atoms with Gasteiger partial charge >= 0.3 is 0 Å². The van der Waals surface area contributed by atoms with Gasteiger partial charge in [-0.15, -0.1) is 11.3 Å². The predicted molar refractivity (Wildman–Crippen MR) is 91.4 cm³/mol. The molecule has 6 nitrogen and oxygen atoms in total. The first-order valence-corrected chi connectivity index (χ1v) is 8.55. The minimum absolute atomic E-state index is 0.101. The van der Waals surface area contributed by atoms with Crippen molar-refractivity contribution in [3.8, 4) is 5.75 Å². The zero-order valence-corrected chi connectivity index (χ0v) is 13.6. The Hall–Kier alpha value is -2.28. The van der Waals surface area contributed by atoms with Crippen LogP contribution >= 0.6 is 11.3 Å². The highest BCUT2D eigenvalue weighted by atomic mass is 32.1. The van der Waals surface area contributed by atoms with Crippen molar-refractivity contribution >= 4 is 27.4 Å². The van der Waals surface area contributed by atoms with Crippen LogP contribution in [0.5, 0.6) is 5.75 Å². The lowest BCUT2D eigenvalue weighted by atomic mass is 10.2. The normalized spacial score (nSPS) is 20.9. The van der Waals surface area contributed by atoms with Gasteiger partial charge in [0, 0.05) is 29.6 Å². The molecule has 0 amide bonds. The third-order valence-corrected chi connectivity index (χ3v) is 5.03. The maximum atomic E-state index is 11.5. The molecule has 2 heterocycles. The third kappa shape index (κ3) is 2.96. The molecular weight excluding hydrogens is 312 g/mol. The van der Waals surface area contributed by atoms with E-state index in [1.54, 1.807) is 17.4 Å². The van der Waals surface area contributed by atoms with Crippen LogP contribution in [0.2, 0.25) is 0 Å². The number of aromatic nitrogens is 3. The van der Waals surface area contributed by atoms with Crippen LogP contribution in [0.3, 0.4) is 0 Å². The number of thiazole rings is 1. The molecule has 0 bridgehead atoms. The van der Waals surface area contributed by atoms with Crippen molar-refractivity contribution in [3.05, 3.63) is 39.6 Å². The summed E-state index contributed by atoms with van der Waals surface area (Å²) in [6.07, 6.45) is 5.14. The largest absolute Gasteiger partial charge is 0.490 e. The van der Waals surface area contributed by atoms with Crippen molar-refractivity contribution in [2.75, 3.05) is 5.32 Å². The summed E-state index contributed by atoms with van der Waals surface area (Å²) in [5.41, 5.74) is 0.675. The van der Waals surface area contributed by atoms with E-state index >= 15 is 0 Å². The highest BCUT2D eigenvalue weighted by molar-refractivity contribution is 7.15. The van der Waals surface area contributed by atoms with Gasteiger partial charge < -0.3 is 10.1 Å². The monoisotopic (exact) mass is 330 g/mol. The van der Waals surface area contributed by atoms with Crippen LogP contribution in [0.15, 0.2) is 29.2 Å². The van der Waals surface area contributed by atoms with Crippen LogP contribution in [0.4, 0.5) is 5.13 Å². The van der Waals surface area contributed by atoms with E-state index in [0.717, 1.165) is 35.7 Å². The van der Waals surface area contributed by atoms with Gasteiger partial charge in [0.15, 0.2) is 5.13 Å². The molecule has 2 aromatic heterocycles. The van der Waals surface area contributed by atoms with E-state index in [2.05, 4.69) is 27.4 Å². The van der Waals surface area contributed by atoms with Gasteiger partial charge in [0.05, 0.1) is 10.9 Å². The summed E-state index contributed by atoms with van der Waals surface area (Å²) in [4.78, 5) is 17.1. The number of hydrogen-bond donors (Lipinski definition) is 3. The van der Waals surface area contributed by atoms with Gasteiger partial charge in [0.25, 0.3) is 5.56 Å². The fourth-order valence-corrected chi connectivity index (χ4v) is 3.80. The quantitative estimate of drug-likeness (QED) is 0.686. The molecule has 7 heteroatoms. The number of fused-ring (bicyclic) bond motifs is 1. The SMILES string of the molecule is Cc1cnc(NC2CCC(Oc3ccc4c(=O)[nH][nH]c4c3)C2)s1. The third-order valence-electron chi connectivity index (χ3n) is 4.18. The molecule has 0 aliphatic heterocycles. The molecule has 3 aromatic rings. The number of anilines is 1. The molecule has 0 radical (unpaired) electrons. The van der Waals surface area contributed by atoms with E-state index in [9.17, 15) is 4.79 Å². The van der Waals surface area contributed by atoms with Crippen molar-refractivity contribution in [1.29, 1.82) is 0 Å². The van der Waals surface area contributed by atoms with Crippen molar-refractivity contribution in [2.45, 2.75) is 38.3 Å². The van der Waals surface area contributed by atoms with Crippen molar-refractivity contribution in [2.24, 2.45) is 0 Å². The Labute approximate surface area is 136 Å². The van der Waals surface area contributed by atoms with Crippen LogP contribution in [-0.4, -0.2) is 27.3 Å². The van der Waals surface area contributed by atoms with Gasteiger partial charge in [-0.2, -0.15) is 0 Å². The molecule has 4 rings (SSSR count). The van der Waals surface area contributed by atoms with Crippen molar-refractivity contribution in [1.82, 2.24) is 15.2 Å². The molecular formula is C16H18N4O2S. The summed E-state index contributed by atoms with van der Waals surface area (Å²) in [5, 5.41) is 10.6. The number of aromatic amines is 2. The average Bonchev–Trinajstić information content (AvgIpc) is 3.23. The molecule has 3 N–H and O–H groups in total. The maximum absolute atomic E-state index is 11.5. The first kappa shape index (κ1) is 14.3. The number of hydrogen-bond acceptors (Lipinski definition) is 5. The lowest BCUT2D eigenvalue weighted by molar-refractivity contribution is 0.209. The maximum Gasteiger partial charge on any atom is 0.271 e. The Balaban J connectivity index is 1.40. The first-order chi connectivity index (χ1) is 11.2. The van der Waals surface area contributed by atoms with E-state index in [-0.39, 0.29) is 11.7 Å². The van der Waals surface area contributed by atoms with Gasteiger partial charge in [-0.1, -0.05) is 0 Å². The number of nitrogens with zero attached hydrogens (tertiary/aromatic N) is 1. The van der Waals surface area contributed by atoms with E-state index < -0.39 is 0 Å². The molecule has 2 unspecified atom stereocenters. The number of H-pyrrole nitrogens is 2. The summed E-state index contributed by atoms with van der Waals surface area (Å²) in [5.74, 6) is 0.795. The molecule has 1 aliphatic rings. The second-order valence-electron chi connectivity index (χ2n) is 5.96. The van der Waals surface area contributed by atoms with E-state index in [1.165, 1.54) is 4.88 Å². The number of benzene rings is 1. The van der Waals surface area contributed by atoms with E-state index in [4.69, 9.17) is 4.74 Å². The summed E-state index contributed by atoms with van der Waals surface area (Å²) in [7, 11) is 0. The highest BCUT2D eigenvalue weighted by Gasteiger charge is 2.26. The molecule has 2 atom stereocenters. The van der Waals surface area contributed by atoms with Gasteiger partial charge in [0.1, 0.15) is 11.9 Å². The standard InChI is InChI=1S/C16H18N4O2S/c1-9-8-17-16(23-9)18-10-2-3-11(6-10)22-12-4-5-13-14(7-12)19-20-15(13)21/h4-5,7-8,10-11H,2-3,6H2,1H3,(H,17,18)(H2,19,20,21). The van der Waals surface area contributed by atoms with E-state index in [0.29, 0.717) is 11.4 Å². The Morgan fingerprint density at radius 3 is 3.09 bits per heavy atom. The molecule has 1 aromatic carbocycles. The first-order valence-electron chi connectivity index (χ1n) is 7.73. The molecule has 0 saturated heterocycles. The molecule has 120 valence electrons. The van der Waals surface area contributed by atoms with Crippen LogP contribution in [0.25, 0.3) is 10.9 Å². The molecule has 1 saturated carbocycles. The fourth-order valence-electron chi connectivity index (χ4n) is 3.06. The Bertz CT molecular complexity index is 881. The Morgan fingerprint density at radius 2 is 2.26 bits per heavy atom. The smallest absolute Gasteiger partial charge is 0.271 e. The lowest BCUT2D eigenvalue weighted by Crippen LogP contribution is -2.19. The molecule has 1 fully saturated rings. The van der Waals surface area contributed by atoms with Crippen molar-refractivity contribution < 1.29 is 4.74 Å². The number of nitrogens with one attached hydrogen (secondary N) is 3. The predicted octanol–water partition coefficient (Wildman–Crippen LogP) is 3.03. The highest BCUT2D eigenvalue weighted by Crippen LogP contribution is 2.29. The van der Waals surface area contributed by atoms with Gasteiger partial charge in [-0.25, -0.2) is 4.98 Å². The summed E-state index contributed by atoms with van der Waals surface area (Å²) in [6.45, 7) is 2.06. The van der Waals surface area contributed by atoms with Crippen LogP contribution in [0.1, 0.15) is 24.1 Å². The number of ether oxygens (including phenoxy) is 1. The van der Waals surface area contributed by atoms with Gasteiger partial charge in [-0.3, -0.25) is 15.0 Å². The summed E-state index contributed by atoms with van der Waals surface area (Å²) >= 11 is 1.68. The van der Waals surface area contributed by atoms with Crippen LogP contribution in [0, 0.1) is 6.92 Å². The van der Waals surface area contributed by atoms with E-state index in [1.807, 2.05) is 18.3 Å². The number of aryl methyl sites for hydroxylation is 1. The molecule has 23 heavy (non-hydrogen) atoms. The fraction of sp³-hybridized carbons (Fsp3) is 0.375. The van der Waals surface area contributed by atoms with Crippen molar-refractivity contribution in [3.63, 3.8) is 0 Å². The minimum atomic E-state index is -0.101. The minimum Gasteiger partial charge on any atom is -0.490 e. The average molecular weight is 330 g/mol. The van der Waals surface area contributed by atoms with Gasteiger partial charge in [0.2, 0.25) is 0 Å². The zero-order chi connectivity index (χ0) is 15.8. The van der Waals surface area contributed by atoms with Crippen LogP contribution in [-0.2, 0) is 0 Å². The Morgan fingerprint density at radius 1 is 1.35 bits per heavy atom. The zero-order valence-electron chi connectivity index (χ0n) is 12.8. The molecule has 0 spiro atoms. The second kappa shape index (κ2) is 5.73. The second-order valence-corrected chi connectivity index (χ2v) is 7.19. The number of rotatable bonds is 4. The van der Waals surface area contributed by atoms with Crippen LogP contribution < -0.4 is 15.6 Å². The molecule has 1 aliphatic carbocycles. The summed E-state index contributed by atoms with van der Waals surface area (Å²) < 4.78 is 6.07. The Kier molecular flexibility index (Phi) is 3.57. The van der Waals surface area contributed by atoms with Gasteiger partial charge in [-0.05, 0) is 31.9 Å². The topological polar surface area (TPSA) is 82.8 Å². The lowest BCUT2D eigenvalue weighted by Gasteiger charge is -2.14.